The summed E-state index contributed by atoms with van der Waals surface area (Å²) < 4.78 is 11.5. The molecule has 1 aromatic rings. The van der Waals surface area contributed by atoms with Gasteiger partial charge in [0, 0.05) is 18.6 Å². The first-order valence-corrected chi connectivity index (χ1v) is 6.89. The number of ether oxygens (including phenoxy) is 2. The van der Waals surface area contributed by atoms with Crippen molar-refractivity contribution in [2.24, 2.45) is 5.73 Å². The molecule has 100 valence electrons. The van der Waals surface area contributed by atoms with Crippen LogP contribution >= 0.6 is 0 Å². The van der Waals surface area contributed by atoms with E-state index in [1.165, 1.54) is 5.56 Å². The smallest absolute Gasteiger partial charge is 0.127 e. The Hall–Kier alpha value is -1.06. The number of benzene rings is 1. The molecule has 0 radical (unpaired) electrons. The summed E-state index contributed by atoms with van der Waals surface area (Å²) in [7, 11) is 0. The summed E-state index contributed by atoms with van der Waals surface area (Å²) in [5.41, 5.74) is 8.75. The molecule has 2 atom stereocenters. The van der Waals surface area contributed by atoms with Gasteiger partial charge in [-0.15, -0.1) is 0 Å². The van der Waals surface area contributed by atoms with Gasteiger partial charge in [-0.1, -0.05) is 31.5 Å². The van der Waals surface area contributed by atoms with Crippen LogP contribution in [0.25, 0.3) is 0 Å². The minimum atomic E-state index is -0.0991. The fourth-order valence-electron chi connectivity index (χ4n) is 2.57. The van der Waals surface area contributed by atoms with Gasteiger partial charge >= 0.3 is 0 Å². The summed E-state index contributed by atoms with van der Waals surface area (Å²) in [6.45, 7) is 5.65. The molecule has 0 saturated carbocycles. The Morgan fingerprint density at radius 1 is 1.39 bits per heavy atom. The van der Waals surface area contributed by atoms with E-state index >= 15 is 0 Å². The van der Waals surface area contributed by atoms with Gasteiger partial charge in [-0.3, -0.25) is 0 Å². The zero-order valence-corrected chi connectivity index (χ0v) is 11.3. The lowest BCUT2D eigenvalue weighted by molar-refractivity contribution is 0.0369. The minimum Gasteiger partial charge on any atom is -0.493 e. The van der Waals surface area contributed by atoms with E-state index in [1.54, 1.807) is 0 Å². The lowest BCUT2D eigenvalue weighted by atomic mass is 9.96. The second-order valence-corrected chi connectivity index (χ2v) is 4.74. The molecular weight excluding hydrogens is 226 g/mol. The summed E-state index contributed by atoms with van der Waals surface area (Å²) in [5.74, 6) is 0.991. The fraction of sp³-hybridized carbons (Fsp3) is 0.600. The maximum Gasteiger partial charge on any atom is 0.127 e. The topological polar surface area (TPSA) is 44.5 Å². The Morgan fingerprint density at radius 2 is 2.22 bits per heavy atom. The van der Waals surface area contributed by atoms with Crippen LogP contribution in [0.4, 0.5) is 0 Å². The summed E-state index contributed by atoms with van der Waals surface area (Å²) in [6.07, 6.45) is 3.13. The average Bonchev–Trinajstić information content (AvgIpc) is 2.85. The molecule has 3 nitrogen and oxygen atoms in total. The van der Waals surface area contributed by atoms with Crippen molar-refractivity contribution >= 4 is 0 Å². The first-order valence-electron chi connectivity index (χ1n) is 6.89. The minimum absolute atomic E-state index is 0.0794. The lowest BCUT2D eigenvalue weighted by Crippen LogP contribution is -2.29. The van der Waals surface area contributed by atoms with Crippen LogP contribution in [0.1, 0.15) is 43.9 Å². The Balaban J connectivity index is 2.21. The molecule has 18 heavy (non-hydrogen) atoms. The highest BCUT2D eigenvalue weighted by molar-refractivity contribution is 5.45. The van der Waals surface area contributed by atoms with Gasteiger partial charge in [0.05, 0.1) is 18.8 Å². The molecule has 0 aromatic heterocycles. The van der Waals surface area contributed by atoms with E-state index in [2.05, 4.69) is 25.1 Å². The predicted molar refractivity (Wildman–Crippen MR) is 72.9 cm³/mol. The van der Waals surface area contributed by atoms with Gasteiger partial charge in [0.1, 0.15) is 5.75 Å². The Morgan fingerprint density at radius 3 is 2.94 bits per heavy atom. The van der Waals surface area contributed by atoms with E-state index in [0.717, 1.165) is 37.2 Å². The third-order valence-electron chi connectivity index (χ3n) is 3.46. The molecule has 2 N–H and O–H groups in total. The molecule has 0 saturated heterocycles. The van der Waals surface area contributed by atoms with Crippen molar-refractivity contribution in [3.63, 3.8) is 0 Å². The van der Waals surface area contributed by atoms with Crippen LogP contribution in [0.3, 0.4) is 0 Å². The molecular formula is C15H23NO2. The second kappa shape index (κ2) is 6.21. The van der Waals surface area contributed by atoms with E-state index in [9.17, 15) is 0 Å². The predicted octanol–water partition coefficient (Wildman–Crippen LogP) is 2.83. The molecule has 2 unspecified atom stereocenters. The Kier molecular flexibility index (Phi) is 4.61. The zero-order valence-electron chi connectivity index (χ0n) is 11.3. The Labute approximate surface area is 109 Å². The number of nitrogens with two attached hydrogens (primary N) is 1. The third-order valence-corrected chi connectivity index (χ3v) is 3.46. The molecule has 0 bridgehead atoms. The highest BCUT2D eigenvalue weighted by Crippen LogP contribution is 2.35. The highest BCUT2D eigenvalue weighted by atomic mass is 16.5. The largest absolute Gasteiger partial charge is 0.493 e. The number of hydrogen-bond donors (Lipinski definition) is 1. The molecule has 0 fully saturated rings. The van der Waals surface area contributed by atoms with Crippen LogP contribution in [0.2, 0.25) is 0 Å². The lowest BCUT2D eigenvalue weighted by Gasteiger charge is -2.25. The van der Waals surface area contributed by atoms with Gasteiger partial charge in [0.2, 0.25) is 0 Å². The number of para-hydroxylation sites is 1. The van der Waals surface area contributed by atoms with E-state index < -0.39 is 0 Å². The van der Waals surface area contributed by atoms with Crippen molar-refractivity contribution in [2.75, 3.05) is 13.2 Å². The van der Waals surface area contributed by atoms with Gasteiger partial charge in [0.25, 0.3) is 0 Å². The van der Waals surface area contributed by atoms with Crippen molar-refractivity contribution < 1.29 is 9.47 Å². The van der Waals surface area contributed by atoms with E-state index in [4.69, 9.17) is 15.2 Å². The molecule has 0 spiro atoms. The van der Waals surface area contributed by atoms with Gasteiger partial charge in [-0.25, -0.2) is 0 Å². The molecule has 1 heterocycles. The van der Waals surface area contributed by atoms with E-state index in [0.29, 0.717) is 6.61 Å². The van der Waals surface area contributed by atoms with Crippen LogP contribution in [0.5, 0.6) is 5.75 Å². The van der Waals surface area contributed by atoms with Crippen molar-refractivity contribution in [1.82, 2.24) is 0 Å². The zero-order chi connectivity index (χ0) is 13.0. The summed E-state index contributed by atoms with van der Waals surface area (Å²) in [6, 6.07) is 6.15. The summed E-state index contributed by atoms with van der Waals surface area (Å²) >= 11 is 0. The monoisotopic (exact) mass is 249 g/mol. The van der Waals surface area contributed by atoms with Crippen molar-refractivity contribution in [3.8, 4) is 5.75 Å². The molecule has 1 aliphatic heterocycles. The maximum atomic E-state index is 6.38. The molecule has 0 amide bonds. The van der Waals surface area contributed by atoms with Crippen molar-refractivity contribution in [2.45, 2.75) is 45.3 Å². The maximum absolute atomic E-state index is 6.38. The fourth-order valence-corrected chi connectivity index (χ4v) is 2.57. The van der Waals surface area contributed by atoms with Crippen LogP contribution < -0.4 is 10.5 Å². The van der Waals surface area contributed by atoms with Crippen molar-refractivity contribution in [1.29, 1.82) is 0 Å². The number of hydrogen-bond acceptors (Lipinski definition) is 3. The molecule has 3 heteroatoms. The second-order valence-electron chi connectivity index (χ2n) is 4.74. The first kappa shape index (κ1) is 13.4. The summed E-state index contributed by atoms with van der Waals surface area (Å²) in [5, 5.41) is 0. The number of rotatable bonds is 6. The molecule has 1 aromatic carbocycles. The molecule has 0 aliphatic carbocycles. The standard InChI is InChI=1S/C15H23NO2/c1-3-6-13(17-4-2)14(16)12-8-5-7-11-9-10-18-15(11)12/h5,7-8,13-14H,3-4,6,9-10,16H2,1-2H3. The Bertz CT molecular complexity index is 386. The number of fused-ring (bicyclic) bond motifs is 1. The van der Waals surface area contributed by atoms with Crippen LogP contribution in [0, 0.1) is 0 Å². The van der Waals surface area contributed by atoms with E-state index in [1.807, 2.05) is 6.92 Å². The normalized spacial score (nSPS) is 17.1. The van der Waals surface area contributed by atoms with Crippen molar-refractivity contribution in [3.05, 3.63) is 29.3 Å². The van der Waals surface area contributed by atoms with Crippen LogP contribution in [-0.2, 0) is 11.2 Å². The van der Waals surface area contributed by atoms with Gasteiger partial charge < -0.3 is 15.2 Å². The van der Waals surface area contributed by atoms with Crippen LogP contribution in [-0.4, -0.2) is 19.3 Å². The van der Waals surface area contributed by atoms with Gasteiger partial charge in [-0.2, -0.15) is 0 Å². The quantitative estimate of drug-likeness (QED) is 0.843. The average molecular weight is 249 g/mol. The van der Waals surface area contributed by atoms with Gasteiger partial charge in [0.15, 0.2) is 0 Å². The molecule has 2 rings (SSSR count). The van der Waals surface area contributed by atoms with Gasteiger partial charge in [-0.05, 0) is 18.9 Å². The third kappa shape index (κ3) is 2.68. The van der Waals surface area contributed by atoms with Crippen LogP contribution in [0.15, 0.2) is 18.2 Å². The first-order chi connectivity index (χ1) is 8.77. The SMILES string of the molecule is CCCC(OCC)C(N)c1cccc2c1OCC2. The molecule has 1 aliphatic rings. The summed E-state index contributed by atoms with van der Waals surface area (Å²) in [4.78, 5) is 0. The highest BCUT2D eigenvalue weighted by Gasteiger charge is 2.25. The van der Waals surface area contributed by atoms with E-state index in [-0.39, 0.29) is 12.1 Å².